The zero-order chi connectivity index (χ0) is 18.4. The maximum Gasteiger partial charge on any atom is 0.352 e. The molecule has 0 aliphatic carbocycles. The number of nitro benzene ring substituents is 1. The van der Waals surface area contributed by atoms with Gasteiger partial charge in [-0.1, -0.05) is 17.2 Å². The summed E-state index contributed by atoms with van der Waals surface area (Å²) >= 11 is 0. The van der Waals surface area contributed by atoms with Crippen molar-refractivity contribution in [2.24, 2.45) is 0 Å². The predicted octanol–water partition coefficient (Wildman–Crippen LogP) is 4.79. The molecule has 1 rings (SSSR count). The van der Waals surface area contributed by atoms with Crippen molar-refractivity contribution >= 4 is 5.69 Å². The second-order valence-electron chi connectivity index (χ2n) is 5.41. The topological polar surface area (TPSA) is 72.6 Å². The molecule has 0 unspecified atom stereocenters. The van der Waals surface area contributed by atoms with Gasteiger partial charge in [0.25, 0.3) is 0 Å². The second-order valence-corrected chi connectivity index (χ2v) is 5.41. The number of nitro groups is 1. The molecule has 1 aromatic rings. The average Bonchev–Trinajstić information content (AvgIpc) is 2.48. The van der Waals surface area contributed by atoms with Crippen molar-refractivity contribution < 1.29 is 27.9 Å². The minimum absolute atomic E-state index is 0.273. The second kappa shape index (κ2) is 8.37. The van der Waals surface area contributed by atoms with Gasteiger partial charge in [0.15, 0.2) is 5.75 Å². The van der Waals surface area contributed by atoms with Crippen LogP contribution in [0, 0.1) is 27.6 Å². The molecule has 8 heteroatoms. The van der Waals surface area contributed by atoms with E-state index in [1.807, 2.05) is 19.9 Å². The first kappa shape index (κ1) is 19.5. The maximum absolute atomic E-state index is 13.8. The first-order valence-electron chi connectivity index (χ1n) is 7.12. The standard InChI is InChI=1S/C16H18F3NO4/c1-9(2)5-4-6-10(3)7-8-24-16-12(18)11(17)14(20(22)23)15(21)13(16)19/h5,7,21H,4,6,8H2,1-3H3/b10-7+. The lowest BCUT2D eigenvalue weighted by molar-refractivity contribution is -0.389. The normalized spacial score (nSPS) is 11.3. The van der Waals surface area contributed by atoms with Crippen LogP contribution in [0.5, 0.6) is 11.5 Å². The Labute approximate surface area is 137 Å². The summed E-state index contributed by atoms with van der Waals surface area (Å²) in [6.07, 6.45) is 5.08. The molecule has 0 amide bonds. The number of hydrogen-bond donors (Lipinski definition) is 1. The molecular formula is C16H18F3NO4. The number of allylic oxidation sites excluding steroid dienone is 3. The number of ether oxygens (including phenoxy) is 1. The number of benzene rings is 1. The fraction of sp³-hybridized carbons (Fsp3) is 0.375. The highest BCUT2D eigenvalue weighted by Gasteiger charge is 2.33. The number of rotatable bonds is 7. The lowest BCUT2D eigenvalue weighted by Gasteiger charge is -2.09. The van der Waals surface area contributed by atoms with E-state index < -0.39 is 39.6 Å². The van der Waals surface area contributed by atoms with Gasteiger partial charge < -0.3 is 9.84 Å². The summed E-state index contributed by atoms with van der Waals surface area (Å²) in [4.78, 5) is 9.12. The molecule has 1 N–H and O–H groups in total. The first-order chi connectivity index (χ1) is 11.2. The third-order valence-electron chi connectivity index (χ3n) is 3.16. The first-order valence-corrected chi connectivity index (χ1v) is 7.12. The zero-order valence-electron chi connectivity index (χ0n) is 13.5. The van der Waals surface area contributed by atoms with Crippen LogP contribution in [-0.4, -0.2) is 16.6 Å². The molecule has 0 aliphatic rings. The summed E-state index contributed by atoms with van der Waals surface area (Å²) in [6.45, 7) is 5.45. The molecule has 0 aliphatic heterocycles. The molecule has 0 saturated carbocycles. The average molecular weight is 345 g/mol. The molecule has 0 radical (unpaired) electrons. The van der Waals surface area contributed by atoms with Gasteiger partial charge in [-0.25, -0.2) is 0 Å². The molecule has 0 fully saturated rings. The molecule has 0 saturated heterocycles. The summed E-state index contributed by atoms with van der Waals surface area (Å²) in [5, 5.41) is 19.8. The van der Waals surface area contributed by atoms with Crippen LogP contribution in [-0.2, 0) is 0 Å². The van der Waals surface area contributed by atoms with Crippen LogP contribution < -0.4 is 4.74 Å². The number of nitrogens with zero attached hydrogens (tertiary/aromatic N) is 1. The molecule has 5 nitrogen and oxygen atoms in total. The number of halogens is 3. The van der Waals surface area contributed by atoms with Crippen LogP contribution in [0.3, 0.4) is 0 Å². The van der Waals surface area contributed by atoms with Crippen molar-refractivity contribution in [3.63, 3.8) is 0 Å². The lowest BCUT2D eigenvalue weighted by atomic mass is 10.1. The molecule has 0 atom stereocenters. The van der Waals surface area contributed by atoms with Crippen LogP contribution in [0.4, 0.5) is 18.9 Å². The highest BCUT2D eigenvalue weighted by atomic mass is 19.2. The largest absolute Gasteiger partial charge is 0.500 e. The number of phenolic OH excluding ortho intramolecular Hbond substituents is 1. The highest BCUT2D eigenvalue weighted by Crippen LogP contribution is 2.39. The molecule has 0 spiro atoms. The molecule has 132 valence electrons. The zero-order valence-corrected chi connectivity index (χ0v) is 13.5. The molecular weight excluding hydrogens is 327 g/mol. The monoisotopic (exact) mass is 345 g/mol. The van der Waals surface area contributed by atoms with Gasteiger partial charge in [0.1, 0.15) is 6.61 Å². The fourth-order valence-electron chi connectivity index (χ4n) is 1.87. The van der Waals surface area contributed by atoms with Crippen LogP contribution in [0.15, 0.2) is 23.3 Å². The maximum atomic E-state index is 13.8. The SMILES string of the molecule is CC(C)=CCC/C(C)=C/COc1c(F)c(O)c([N+](=O)[O-])c(F)c1F. The van der Waals surface area contributed by atoms with Crippen LogP contribution >= 0.6 is 0 Å². The van der Waals surface area contributed by atoms with Gasteiger partial charge in [-0.05, 0) is 39.7 Å². The summed E-state index contributed by atoms with van der Waals surface area (Å²) < 4.78 is 45.8. The van der Waals surface area contributed by atoms with Crippen molar-refractivity contribution in [1.29, 1.82) is 0 Å². The Bertz CT molecular complexity index is 666. The predicted molar refractivity (Wildman–Crippen MR) is 82.6 cm³/mol. The van der Waals surface area contributed by atoms with E-state index in [0.29, 0.717) is 6.42 Å². The Hall–Kier alpha value is -2.51. The Morgan fingerprint density at radius 1 is 1.17 bits per heavy atom. The Morgan fingerprint density at radius 3 is 2.33 bits per heavy atom. The third-order valence-corrected chi connectivity index (χ3v) is 3.16. The van der Waals surface area contributed by atoms with E-state index in [1.54, 1.807) is 13.0 Å². The van der Waals surface area contributed by atoms with E-state index in [-0.39, 0.29) is 6.61 Å². The van der Waals surface area contributed by atoms with Crippen molar-refractivity contribution in [3.05, 3.63) is 50.9 Å². The Morgan fingerprint density at radius 2 is 1.79 bits per heavy atom. The van der Waals surface area contributed by atoms with Gasteiger partial charge in [0, 0.05) is 0 Å². The van der Waals surface area contributed by atoms with Crippen molar-refractivity contribution in [2.75, 3.05) is 6.61 Å². The molecule has 0 bridgehead atoms. The summed E-state index contributed by atoms with van der Waals surface area (Å²) in [5.74, 6) is -8.33. The van der Waals surface area contributed by atoms with Gasteiger partial charge in [-0.15, -0.1) is 0 Å². The van der Waals surface area contributed by atoms with E-state index >= 15 is 0 Å². The Balaban J connectivity index is 2.90. The summed E-state index contributed by atoms with van der Waals surface area (Å²) in [5.41, 5.74) is 0.394. The van der Waals surface area contributed by atoms with Crippen LogP contribution in [0.25, 0.3) is 0 Å². The van der Waals surface area contributed by atoms with Gasteiger partial charge in [-0.3, -0.25) is 10.1 Å². The van der Waals surface area contributed by atoms with Crippen molar-refractivity contribution in [2.45, 2.75) is 33.6 Å². The van der Waals surface area contributed by atoms with E-state index in [9.17, 15) is 28.4 Å². The minimum atomic E-state index is -1.97. The molecule has 0 aromatic heterocycles. The number of aromatic hydroxyl groups is 1. The number of hydrogen-bond acceptors (Lipinski definition) is 4. The van der Waals surface area contributed by atoms with Gasteiger partial charge >= 0.3 is 5.69 Å². The van der Waals surface area contributed by atoms with E-state index in [1.165, 1.54) is 5.57 Å². The summed E-state index contributed by atoms with van der Waals surface area (Å²) in [6, 6.07) is 0. The van der Waals surface area contributed by atoms with E-state index in [2.05, 4.69) is 0 Å². The van der Waals surface area contributed by atoms with Crippen molar-refractivity contribution in [3.8, 4) is 11.5 Å². The van der Waals surface area contributed by atoms with Crippen LogP contribution in [0.2, 0.25) is 0 Å². The van der Waals surface area contributed by atoms with Gasteiger partial charge in [0.05, 0.1) is 4.92 Å². The van der Waals surface area contributed by atoms with Crippen molar-refractivity contribution in [1.82, 2.24) is 0 Å². The fourth-order valence-corrected chi connectivity index (χ4v) is 1.87. The molecule has 24 heavy (non-hydrogen) atoms. The smallest absolute Gasteiger partial charge is 0.352 e. The van der Waals surface area contributed by atoms with E-state index in [0.717, 1.165) is 12.0 Å². The third kappa shape index (κ3) is 4.74. The Kier molecular flexibility index (Phi) is 6.82. The molecule has 0 heterocycles. The quantitative estimate of drug-likeness (QED) is 0.334. The molecule has 1 aromatic carbocycles. The van der Waals surface area contributed by atoms with E-state index in [4.69, 9.17) is 4.74 Å². The highest BCUT2D eigenvalue weighted by molar-refractivity contribution is 5.53. The van der Waals surface area contributed by atoms with Crippen LogP contribution in [0.1, 0.15) is 33.6 Å². The number of phenols is 1. The summed E-state index contributed by atoms with van der Waals surface area (Å²) in [7, 11) is 0. The van der Waals surface area contributed by atoms with Gasteiger partial charge in [-0.2, -0.15) is 13.2 Å². The minimum Gasteiger partial charge on any atom is -0.500 e. The van der Waals surface area contributed by atoms with Gasteiger partial charge in [0.2, 0.25) is 23.2 Å². The lowest BCUT2D eigenvalue weighted by Crippen LogP contribution is -2.05.